The lowest BCUT2D eigenvalue weighted by molar-refractivity contribution is -0.126. The molecule has 2 atom stereocenters. The number of rotatable bonds is 2. The van der Waals surface area contributed by atoms with E-state index in [4.69, 9.17) is 0 Å². The van der Waals surface area contributed by atoms with Crippen molar-refractivity contribution in [3.05, 3.63) is 35.4 Å². The third-order valence-corrected chi connectivity index (χ3v) is 4.71. The third kappa shape index (κ3) is 1.61. The topological polar surface area (TPSA) is 51.2 Å². The Morgan fingerprint density at radius 1 is 1.26 bits per heavy atom. The fourth-order valence-electron chi connectivity index (χ4n) is 3.65. The molecule has 3 heteroatoms. The van der Waals surface area contributed by atoms with E-state index in [1.165, 1.54) is 6.92 Å². The average Bonchev–Trinajstić information content (AvgIpc) is 2.93. The average molecular weight is 256 g/mol. The Balaban J connectivity index is 2.08. The van der Waals surface area contributed by atoms with Crippen LogP contribution in [0, 0.1) is 11.3 Å². The van der Waals surface area contributed by atoms with Crippen LogP contribution in [0.5, 0.6) is 0 Å². The maximum absolute atomic E-state index is 12.7. The normalized spacial score (nSPS) is 29.6. The van der Waals surface area contributed by atoms with Crippen LogP contribution in [0.1, 0.15) is 42.1 Å². The van der Waals surface area contributed by atoms with Gasteiger partial charge in [-0.05, 0) is 31.2 Å². The van der Waals surface area contributed by atoms with Crippen LogP contribution >= 0.6 is 0 Å². The molecule has 2 aliphatic carbocycles. The van der Waals surface area contributed by atoms with Gasteiger partial charge in [0.1, 0.15) is 11.6 Å². The van der Waals surface area contributed by atoms with E-state index in [9.17, 15) is 14.4 Å². The molecule has 3 rings (SSSR count). The van der Waals surface area contributed by atoms with Gasteiger partial charge in [0.2, 0.25) is 0 Å². The van der Waals surface area contributed by atoms with E-state index in [2.05, 4.69) is 0 Å². The van der Waals surface area contributed by atoms with E-state index < -0.39 is 5.41 Å². The van der Waals surface area contributed by atoms with Gasteiger partial charge in [0.25, 0.3) is 0 Å². The number of carbonyl (C=O) groups excluding carboxylic acids is 3. The van der Waals surface area contributed by atoms with Gasteiger partial charge in [-0.2, -0.15) is 0 Å². The van der Waals surface area contributed by atoms with E-state index in [1.807, 2.05) is 18.2 Å². The lowest BCUT2D eigenvalue weighted by Gasteiger charge is -2.30. The highest BCUT2D eigenvalue weighted by molar-refractivity contribution is 6.18. The van der Waals surface area contributed by atoms with Crippen LogP contribution in [-0.4, -0.2) is 17.3 Å². The molecule has 1 fully saturated rings. The van der Waals surface area contributed by atoms with E-state index in [0.29, 0.717) is 31.2 Å². The summed E-state index contributed by atoms with van der Waals surface area (Å²) in [5.41, 5.74) is 0.634. The molecule has 3 nitrogen and oxygen atoms in total. The number of fused-ring (bicyclic) bond motifs is 1. The fourth-order valence-corrected chi connectivity index (χ4v) is 3.65. The second kappa shape index (κ2) is 4.12. The highest BCUT2D eigenvalue weighted by Gasteiger charge is 2.55. The quantitative estimate of drug-likeness (QED) is 0.763. The van der Waals surface area contributed by atoms with E-state index in [0.717, 1.165) is 5.56 Å². The van der Waals surface area contributed by atoms with Crippen molar-refractivity contribution in [1.29, 1.82) is 0 Å². The second-order valence-electron chi connectivity index (χ2n) is 5.67. The molecule has 0 bridgehead atoms. The van der Waals surface area contributed by atoms with E-state index in [-0.39, 0.29) is 23.3 Å². The standard InChI is InChI=1S/C16H16O3/c1-10(17)16(12-6-7-13(18)8-12)9-11-4-2-3-5-14(11)15(16)19/h2-5,12H,6-9H2,1H3. The predicted molar refractivity (Wildman–Crippen MR) is 69.9 cm³/mol. The summed E-state index contributed by atoms with van der Waals surface area (Å²) in [6.45, 7) is 1.49. The molecule has 0 N–H and O–H groups in total. The number of hydrogen-bond donors (Lipinski definition) is 0. The van der Waals surface area contributed by atoms with Gasteiger partial charge in [-0.25, -0.2) is 0 Å². The van der Waals surface area contributed by atoms with Crippen molar-refractivity contribution in [2.24, 2.45) is 11.3 Å². The van der Waals surface area contributed by atoms with Gasteiger partial charge in [0.05, 0.1) is 5.41 Å². The molecule has 19 heavy (non-hydrogen) atoms. The first-order valence-corrected chi connectivity index (χ1v) is 6.71. The van der Waals surface area contributed by atoms with Crippen LogP contribution in [0.3, 0.4) is 0 Å². The third-order valence-electron chi connectivity index (χ3n) is 4.71. The molecular formula is C16H16O3. The zero-order valence-corrected chi connectivity index (χ0v) is 10.9. The summed E-state index contributed by atoms with van der Waals surface area (Å²) in [5, 5.41) is 0. The maximum atomic E-state index is 12.7. The minimum absolute atomic E-state index is 0.0738. The van der Waals surface area contributed by atoms with Crippen LogP contribution in [0.2, 0.25) is 0 Å². The van der Waals surface area contributed by atoms with Crippen molar-refractivity contribution in [3.63, 3.8) is 0 Å². The summed E-state index contributed by atoms with van der Waals surface area (Å²) in [5.74, 6) is -0.101. The Labute approximate surface area is 112 Å². The van der Waals surface area contributed by atoms with Gasteiger partial charge in [-0.15, -0.1) is 0 Å². The van der Waals surface area contributed by atoms with Crippen LogP contribution in [0.15, 0.2) is 24.3 Å². The van der Waals surface area contributed by atoms with Crippen molar-refractivity contribution in [3.8, 4) is 0 Å². The number of Topliss-reactive ketones (excluding diaryl/α,β-unsaturated/α-hetero) is 3. The number of carbonyl (C=O) groups is 3. The van der Waals surface area contributed by atoms with Crippen molar-refractivity contribution < 1.29 is 14.4 Å². The van der Waals surface area contributed by atoms with Crippen LogP contribution < -0.4 is 0 Å². The van der Waals surface area contributed by atoms with Crippen LogP contribution in [-0.2, 0) is 16.0 Å². The molecule has 1 aromatic rings. The molecule has 0 radical (unpaired) electrons. The van der Waals surface area contributed by atoms with Gasteiger partial charge in [-0.3, -0.25) is 14.4 Å². The smallest absolute Gasteiger partial charge is 0.177 e. The lowest BCUT2D eigenvalue weighted by Crippen LogP contribution is -2.42. The molecule has 1 saturated carbocycles. The molecule has 0 saturated heterocycles. The van der Waals surface area contributed by atoms with E-state index >= 15 is 0 Å². The van der Waals surface area contributed by atoms with Gasteiger partial charge >= 0.3 is 0 Å². The van der Waals surface area contributed by atoms with Gasteiger partial charge in [-0.1, -0.05) is 24.3 Å². The van der Waals surface area contributed by atoms with E-state index in [1.54, 1.807) is 6.07 Å². The largest absolute Gasteiger partial charge is 0.300 e. The van der Waals surface area contributed by atoms with Gasteiger partial charge in [0.15, 0.2) is 5.78 Å². The predicted octanol–water partition coefficient (Wildman–Crippen LogP) is 2.37. The number of benzene rings is 1. The minimum atomic E-state index is -0.976. The van der Waals surface area contributed by atoms with Crippen molar-refractivity contribution in [2.45, 2.75) is 32.6 Å². The molecule has 0 heterocycles. The summed E-state index contributed by atoms with van der Waals surface area (Å²) in [6.07, 6.45) is 2.01. The Morgan fingerprint density at radius 3 is 2.58 bits per heavy atom. The number of hydrogen-bond acceptors (Lipinski definition) is 3. The van der Waals surface area contributed by atoms with Gasteiger partial charge < -0.3 is 0 Å². The summed E-state index contributed by atoms with van der Waals surface area (Å²) < 4.78 is 0. The summed E-state index contributed by atoms with van der Waals surface area (Å²) in [6, 6.07) is 7.42. The highest BCUT2D eigenvalue weighted by atomic mass is 16.2. The van der Waals surface area contributed by atoms with Crippen molar-refractivity contribution in [2.75, 3.05) is 0 Å². The zero-order chi connectivity index (χ0) is 13.6. The molecule has 0 spiro atoms. The zero-order valence-electron chi connectivity index (χ0n) is 10.9. The second-order valence-corrected chi connectivity index (χ2v) is 5.67. The van der Waals surface area contributed by atoms with Crippen LogP contribution in [0.4, 0.5) is 0 Å². The summed E-state index contributed by atoms with van der Waals surface area (Å²) in [7, 11) is 0. The summed E-state index contributed by atoms with van der Waals surface area (Å²) >= 11 is 0. The first-order valence-electron chi connectivity index (χ1n) is 6.71. The van der Waals surface area contributed by atoms with Crippen molar-refractivity contribution >= 4 is 17.3 Å². The lowest BCUT2D eigenvalue weighted by atomic mass is 9.68. The molecule has 98 valence electrons. The fraction of sp³-hybridized carbons (Fsp3) is 0.438. The van der Waals surface area contributed by atoms with Crippen LogP contribution in [0.25, 0.3) is 0 Å². The molecule has 1 aromatic carbocycles. The summed E-state index contributed by atoms with van der Waals surface area (Å²) in [4.78, 5) is 36.5. The molecule has 2 aliphatic rings. The first-order chi connectivity index (χ1) is 9.05. The molecule has 0 amide bonds. The maximum Gasteiger partial charge on any atom is 0.177 e. The highest BCUT2D eigenvalue weighted by Crippen LogP contribution is 2.48. The van der Waals surface area contributed by atoms with Gasteiger partial charge in [0, 0.05) is 18.4 Å². The Hall–Kier alpha value is -1.77. The molecule has 0 aliphatic heterocycles. The first kappa shape index (κ1) is 12.3. The molecule has 2 unspecified atom stereocenters. The SMILES string of the molecule is CC(=O)C1(C2CCC(=O)C2)Cc2ccccc2C1=O. The molecular weight excluding hydrogens is 240 g/mol. The monoisotopic (exact) mass is 256 g/mol. The Morgan fingerprint density at radius 2 is 2.00 bits per heavy atom. The molecule has 0 aromatic heterocycles. The van der Waals surface area contributed by atoms with Crippen molar-refractivity contribution in [1.82, 2.24) is 0 Å². The Kier molecular flexibility index (Phi) is 2.66. The number of ketones is 3. The minimum Gasteiger partial charge on any atom is -0.300 e. The Bertz CT molecular complexity index is 587.